The third-order valence-electron chi connectivity index (χ3n) is 5.34. The number of nitrogens with one attached hydrogen (secondary N) is 1. The number of benzene rings is 1. The summed E-state index contributed by atoms with van der Waals surface area (Å²) in [4.78, 5) is 22.5. The molecule has 0 saturated carbocycles. The summed E-state index contributed by atoms with van der Waals surface area (Å²) in [6, 6.07) is 7.64. The normalized spacial score (nSPS) is 20.4. The Morgan fingerprint density at radius 2 is 2.08 bits per heavy atom. The van der Waals surface area contributed by atoms with Gasteiger partial charge >= 0.3 is 0 Å². The van der Waals surface area contributed by atoms with Gasteiger partial charge in [-0.3, -0.25) is 9.69 Å². The van der Waals surface area contributed by atoms with Crippen LogP contribution in [-0.4, -0.2) is 36.2 Å². The van der Waals surface area contributed by atoms with Crippen molar-refractivity contribution in [2.45, 2.75) is 44.8 Å². The van der Waals surface area contributed by atoms with Crippen molar-refractivity contribution >= 4 is 10.9 Å². The second-order valence-corrected chi connectivity index (χ2v) is 6.88. The van der Waals surface area contributed by atoms with Crippen molar-refractivity contribution in [1.29, 1.82) is 0 Å². The van der Waals surface area contributed by atoms with E-state index in [-0.39, 0.29) is 11.6 Å². The highest BCUT2D eigenvalue weighted by molar-refractivity contribution is 5.77. The van der Waals surface area contributed by atoms with E-state index in [0.29, 0.717) is 5.39 Å². The molecule has 0 spiro atoms. The molecule has 128 valence electrons. The van der Waals surface area contributed by atoms with E-state index in [4.69, 9.17) is 4.98 Å². The van der Waals surface area contributed by atoms with Crippen LogP contribution in [0.15, 0.2) is 29.1 Å². The molecule has 0 aliphatic carbocycles. The smallest absolute Gasteiger partial charge is 0.258 e. The third kappa shape index (κ3) is 2.46. The third-order valence-corrected chi connectivity index (χ3v) is 5.34. The highest BCUT2D eigenvalue weighted by atomic mass is 16.1. The van der Waals surface area contributed by atoms with Crippen LogP contribution in [0.25, 0.3) is 10.9 Å². The molecular formula is C18H20N6O. The number of aromatic amines is 1. The molecular weight excluding hydrogens is 316 g/mol. The average Bonchev–Trinajstić information content (AvgIpc) is 3.34. The zero-order valence-electron chi connectivity index (χ0n) is 14.0. The molecule has 7 heteroatoms. The van der Waals surface area contributed by atoms with Crippen LogP contribution in [0.4, 0.5) is 0 Å². The molecule has 1 atom stereocenters. The van der Waals surface area contributed by atoms with Crippen LogP contribution in [0.1, 0.15) is 42.8 Å². The Bertz CT molecular complexity index is 991. The van der Waals surface area contributed by atoms with Gasteiger partial charge in [0.1, 0.15) is 17.5 Å². The van der Waals surface area contributed by atoms with Gasteiger partial charge in [0.2, 0.25) is 0 Å². The van der Waals surface area contributed by atoms with Crippen LogP contribution in [0.3, 0.4) is 0 Å². The Kier molecular flexibility index (Phi) is 3.41. The van der Waals surface area contributed by atoms with Crippen molar-refractivity contribution in [1.82, 2.24) is 29.6 Å². The van der Waals surface area contributed by atoms with Crippen molar-refractivity contribution in [3.63, 3.8) is 0 Å². The van der Waals surface area contributed by atoms with E-state index >= 15 is 0 Å². The number of nitrogens with zero attached hydrogens (tertiary/aromatic N) is 5. The molecule has 1 N–H and O–H groups in total. The molecule has 7 nitrogen and oxygen atoms in total. The minimum Gasteiger partial charge on any atom is -0.314 e. The van der Waals surface area contributed by atoms with Gasteiger partial charge in [0.05, 0.1) is 23.5 Å². The number of hydrogen-bond donors (Lipinski definition) is 1. The Morgan fingerprint density at radius 3 is 3.04 bits per heavy atom. The van der Waals surface area contributed by atoms with Crippen molar-refractivity contribution in [2.24, 2.45) is 0 Å². The van der Waals surface area contributed by atoms with Crippen molar-refractivity contribution in [3.05, 3.63) is 52.1 Å². The molecule has 1 aromatic carbocycles. The van der Waals surface area contributed by atoms with E-state index in [1.54, 1.807) is 0 Å². The fourth-order valence-corrected chi connectivity index (χ4v) is 4.10. The van der Waals surface area contributed by atoms with Gasteiger partial charge in [-0.1, -0.05) is 12.1 Å². The fraction of sp³-hybridized carbons (Fsp3) is 0.444. The van der Waals surface area contributed by atoms with Gasteiger partial charge in [0.25, 0.3) is 5.56 Å². The van der Waals surface area contributed by atoms with E-state index < -0.39 is 0 Å². The van der Waals surface area contributed by atoms with Gasteiger partial charge in [-0.2, -0.15) is 0 Å². The Morgan fingerprint density at radius 1 is 1.16 bits per heavy atom. The largest absolute Gasteiger partial charge is 0.314 e. The van der Waals surface area contributed by atoms with Gasteiger partial charge in [-0.05, 0) is 37.9 Å². The number of rotatable bonds is 3. The molecule has 1 fully saturated rings. The SMILES string of the molecule is O=c1[nH]c(C2CCCN2Cc2nnc3n2CCC3)nc2ccccc12. The maximum atomic E-state index is 12.4. The number of likely N-dealkylation sites (tertiary alicyclic amines) is 1. The first-order chi connectivity index (χ1) is 12.3. The van der Waals surface area contributed by atoms with E-state index in [0.717, 1.165) is 68.3 Å². The molecule has 0 bridgehead atoms. The first-order valence-electron chi connectivity index (χ1n) is 8.93. The molecule has 1 saturated heterocycles. The summed E-state index contributed by atoms with van der Waals surface area (Å²) < 4.78 is 2.24. The van der Waals surface area contributed by atoms with Crippen molar-refractivity contribution in [2.75, 3.05) is 6.54 Å². The van der Waals surface area contributed by atoms with Gasteiger partial charge in [-0.15, -0.1) is 10.2 Å². The van der Waals surface area contributed by atoms with Crippen LogP contribution in [-0.2, 0) is 19.5 Å². The lowest BCUT2D eigenvalue weighted by molar-refractivity contribution is 0.230. The van der Waals surface area contributed by atoms with Crippen LogP contribution in [0, 0.1) is 0 Å². The van der Waals surface area contributed by atoms with Crippen molar-refractivity contribution in [3.8, 4) is 0 Å². The van der Waals surface area contributed by atoms with Crippen LogP contribution < -0.4 is 5.56 Å². The first kappa shape index (κ1) is 14.8. The molecule has 2 aliphatic heterocycles. The lowest BCUT2D eigenvalue weighted by Gasteiger charge is -2.23. The summed E-state index contributed by atoms with van der Waals surface area (Å²) in [6.45, 7) is 2.76. The molecule has 5 rings (SSSR count). The minimum absolute atomic E-state index is 0.0594. The molecule has 0 amide bonds. The molecule has 2 aliphatic rings. The topological polar surface area (TPSA) is 79.7 Å². The highest BCUT2D eigenvalue weighted by Crippen LogP contribution is 2.31. The predicted octanol–water partition coefficient (Wildman–Crippen LogP) is 1.80. The molecule has 0 radical (unpaired) electrons. The lowest BCUT2D eigenvalue weighted by atomic mass is 10.2. The van der Waals surface area contributed by atoms with E-state index in [9.17, 15) is 4.79 Å². The summed E-state index contributed by atoms with van der Waals surface area (Å²) in [5, 5.41) is 9.32. The number of fused-ring (bicyclic) bond motifs is 2. The highest BCUT2D eigenvalue weighted by Gasteiger charge is 2.30. The number of hydrogen-bond acceptors (Lipinski definition) is 5. The molecule has 4 heterocycles. The standard InChI is InChI=1S/C18H20N6O/c25-18-12-5-1-2-6-13(12)19-17(20-18)14-7-3-9-23(14)11-16-22-21-15-8-4-10-24(15)16/h1-2,5-6,14H,3-4,7-11H2,(H,19,20,25). The Labute approximate surface area is 144 Å². The zero-order valence-corrected chi connectivity index (χ0v) is 14.0. The average molecular weight is 336 g/mol. The Balaban J connectivity index is 1.47. The van der Waals surface area contributed by atoms with Gasteiger partial charge < -0.3 is 9.55 Å². The van der Waals surface area contributed by atoms with E-state index in [2.05, 4.69) is 24.6 Å². The summed E-state index contributed by atoms with van der Waals surface area (Å²) in [5.74, 6) is 2.90. The van der Waals surface area contributed by atoms with Crippen LogP contribution >= 0.6 is 0 Å². The first-order valence-corrected chi connectivity index (χ1v) is 8.93. The molecule has 3 aromatic rings. The summed E-state index contributed by atoms with van der Waals surface area (Å²) >= 11 is 0. The Hall–Kier alpha value is -2.54. The maximum absolute atomic E-state index is 12.4. The second-order valence-electron chi connectivity index (χ2n) is 6.88. The van der Waals surface area contributed by atoms with Gasteiger partial charge in [0.15, 0.2) is 0 Å². The number of aryl methyl sites for hydroxylation is 1. The zero-order chi connectivity index (χ0) is 16.8. The number of H-pyrrole nitrogens is 1. The second kappa shape index (κ2) is 5.77. The van der Waals surface area contributed by atoms with Gasteiger partial charge in [-0.25, -0.2) is 4.98 Å². The summed E-state index contributed by atoms with van der Waals surface area (Å²) in [5.41, 5.74) is 0.701. The fourth-order valence-electron chi connectivity index (χ4n) is 4.10. The minimum atomic E-state index is -0.0594. The van der Waals surface area contributed by atoms with Crippen LogP contribution in [0.2, 0.25) is 0 Å². The monoisotopic (exact) mass is 336 g/mol. The molecule has 25 heavy (non-hydrogen) atoms. The summed E-state index contributed by atoms with van der Waals surface area (Å²) in [6.07, 6.45) is 4.28. The summed E-state index contributed by atoms with van der Waals surface area (Å²) in [7, 11) is 0. The van der Waals surface area contributed by atoms with Gasteiger partial charge in [0, 0.05) is 13.0 Å². The maximum Gasteiger partial charge on any atom is 0.258 e. The number of para-hydroxylation sites is 1. The molecule has 1 unspecified atom stereocenters. The predicted molar refractivity (Wildman–Crippen MR) is 93.1 cm³/mol. The van der Waals surface area contributed by atoms with E-state index in [1.807, 2.05) is 24.3 Å². The molecule has 2 aromatic heterocycles. The quantitative estimate of drug-likeness (QED) is 0.789. The van der Waals surface area contributed by atoms with E-state index in [1.165, 1.54) is 0 Å². The van der Waals surface area contributed by atoms with Crippen LogP contribution in [0.5, 0.6) is 0 Å². The lowest BCUT2D eigenvalue weighted by Crippen LogP contribution is -2.27. The number of aromatic nitrogens is 5. The van der Waals surface area contributed by atoms with Crippen molar-refractivity contribution < 1.29 is 0 Å².